The Balaban J connectivity index is 2.16. The van der Waals surface area contributed by atoms with Gasteiger partial charge in [-0.05, 0) is 18.6 Å². The number of halogens is 2. The Labute approximate surface area is 150 Å². The summed E-state index contributed by atoms with van der Waals surface area (Å²) in [4.78, 5) is 26.8. The summed E-state index contributed by atoms with van der Waals surface area (Å²) in [6, 6.07) is 7.17. The number of amides is 1. The number of carbonyl (C=O) groups excluding carboxylic acids is 1. The van der Waals surface area contributed by atoms with E-state index >= 15 is 0 Å². The maximum absolute atomic E-state index is 14.2. The number of non-ortho nitro benzene ring substituents is 1. The number of thiazole rings is 1. The highest BCUT2D eigenvalue weighted by molar-refractivity contribution is 7.16. The number of benzene rings is 2. The lowest BCUT2D eigenvalue weighted by molar-refractivity contribution is -0.384. The van der Waals surface area contributed by atoms with Gasteiger partial charge in [0, 0.05) is 30.3 Å². The Kier molecular flexibility index (Phi) is 4.90. The predicted octanol–water partition coefficient (Wildman–Crippen LogP) is 4.04. The van der Waals surface area contributed by atoms with Gasteiger partial charge in [0.25, 0.3) is 11.6 Å². The number of nitrogens with zero attached hydrogens (tertiary/aromatic N) is 3. The molecule has 1 aromatic heterocycles. The van der Waals surface area contributed by atoms with Gasteiger partial charge < -0.3 is 4.57 Å². The van der Waals surface area contributed by atoms with Crippen molar-refractivity contribution >= 4 is 33.1 Å². The summed E-state index contributed by atoms with van der Waals surface area (Å²) < 4.78 is 29.5. The number of fused-ring (bicyclic) bond motifs is 1. The van der Waals surface area contributed by atoms with Crippen LogP contribution in [0.5, 0.6) is 0 Å². The summed E-state index contributed by atoms with van der Waals surface area (Å²) in [6.45, 7) is 2.27. The lowest BCUT2D eigenvalue weighted by Crippen LogP contribution is -2.17. The quantitative estimate of drug-likeness (QED) is 0.508. The van der Waals surface area contributed by atoms with Gasteiger partial charge in [0.2, 0.25) is 0 Å². The highest BCUT2D eigenvalue weighted by Crippen LogP contribution is 2.23. The van der Waals surface area contributed by atoms with Gasteiger partial charge in [-0.2, -0.15) is 4.99 Å². The molecule has 0 unspecified atom stereocenters. The Morgan fingerprint density at radius 3 is 2.77 bits per heavy atom. The van der Waals surface area contributed by atoms with Gasteiger partial charge in [-0.3, -0.25) is 14.9 Å². The molecule has 0 aliphatic carbocycles. The van der Waals surface area contributed by atoms with Crippen LogP contribution in [0, 0.1) is 21.7 Å². The van der Waals surface area contributed by atoms with E-state index in [0.29, 0.717) is 17.7 Å². The van der Waals surface area contributed by atoms with E-state index in [1.807, 2.05) is 6.92 Å². The summed E-state index contributed by atoms with van der Waals surface area (Å²) in [5, 5.41) is 10.8. The van der Waals surface area contributed by atoms with Gasteiger partial charge in [-0.1, -0.05) is 24.3 Å². The van der Waals surface area contributed by atoms with Crippen LogP contribution in [0.3, 0.4) is 0 Å². The van der Waals surface area contributed by atoms with Gasteiger partial charge in [-0.15, -0.1) is 0 Å². The van der Waals surface area contributed by atoms with Crippen molar-refractivity contribution in [3.63, 3.8) is 0 Å². The molecule has 1 amide bonds. The minimum Gasteiger partial charge on any atom is -0.314 e. The number of aromatic nitrogens is 1. The van der Waals surface area contributed by atoms with Crippen LogP contribution in [-0.4, -0.2) is 15.4 Å². The summed E-state index contributed by atoms with van der Waals surface area (Å²) in [7, 11) is 0. The molecule has 0 spiro atoms. The van der Waals surface area contributed by atoms with E-state index in [2.05, 4.69) is 4.99 Å². The van der Waals surface area contributed by atoms with Crippen molar-refractivity contribution < 1.29 is 18.5 Å². The second-order valence-corrected chi connectivity index (χ2v) is 6.50. The third-order valence-electron chi connectivity index (χ3n) is 3.64. The van der Waals surface area contributed by atoms with Crippen LogP contribution in [-0.2, 0) is 6.54 Å². The van der Waals surface area contributed by atoms with Crippen LogP contribution >= 0.6 is 11.3 Å². The molecule has 3 aromatic rings. The van der Waals surface area contributed by atoms with E-state index in [-0.39, 0.29) is 21.6 Å². The van der Waals surface area contributed by atoms with Gasteiger partial charge >= 0.3 is 0 Å². The number of carbonyl (C=O) groups is 1. The van der Waals surface area contributed by atoms with Crippen LogP contribution in [0.25, 0.3) is 10.2 Å². The molecule has 134 valence electrons. The third-order valence-corrected chi connectivity index (χ3v) is 4.67. The summed E-state index contributed by atoms with van der Waals surface area (Å²) in [5.74, 6) is -2.13. The molecule has 0 saturated heterocycles. The molecule has 1 heterocycles. The van der Waals surface area contributed by atoms with Crippen molar-refractivity contribution in [1.29, 1.82) is 0 Å². The number of nitro groups is 1. The van der Waals surface area contributed by atoms with Crippen molar-refractivity contribution in [2.75, 3.05) is 0 Å². The number of rotatable bonds is 4. The second kappa shape index (κ2) is 7.12. The Morgan fingerprint density at radius 1 is 1.31 bits per heavy atom. The molecule has 0 bridgehead atoms. The van der Waals surface area contributed by atoms with Crippen LogP contribution in [0.1, 0.15) is 23.7 Å². The number of hydrogen-bond acceptors (Lipinski definition) is 4. The summed E-state index contributed by atoms with van der Waals surface area (Å²) >= 11 is 0.987. The first-order valence-electron chi connectivity index (χ1n) is 7.72. The minimum atomic E-state index is -0.728. The lowest BCUT2D eigenvalue weighted by Gasteiger charge is -2.03. The molecule has 0 saturated carbocycles. The average molecular weight is 377 g/mol. The molecular weight excluding hydrogens is 364 g/mol. The Morgan fingerprint density at radius 2 is 2.08 bits per heavy atom. The van der Waals surface area contributed by atoms with E-state index in [4.69, 9.17) is 0 Å². The van der Waals surface area contributed by atoms with Crippen molar-refractivity contribution in [1.82, 2.24) is 4.57 Å². The third kappa shape index (κ3) is 3.38. The van der Waals surface area contributed by atoms with Gasteiger partial charge in [0.05, 0.1) is 15.1 Å². The predicted molar refractivity (Wildman–Crippen MR) is 93.0 cm³/mol. The first-order chi connectivity index (χ1) is 12.4. The number of nitro benzene ring substituents is 1. The second-order valence-electron chi connectivity index (χ2n) is 5.50. The fourth-order valence-electron chi connectivity index (χ4n) is 2.55. The molecule has 0 N–H and O–H groups in total. The van der Waals surface area contributed by atoms with Crippen LogP contribution in [0.2, 0.25) is 0 Å². The lowest BCUT2D eigenvalue weighted by atomic mass is 10.2. The van der Waals surface area contributed by atoms with Gasteiger partial charge in [0.15, 0.2) is 10.6 Å². The fraction of sp³-hybridized carbons (Fsp3) is 0.176. The number of aryl methyl sites for hydroxylation is 1. The SMILES string of the molecule is CCCn1c(=NC(=O)c2cccc([N+](=O)[O-])c2)sc2cc(F)cc(F)c21. The molecule has 3 rings (SSSR count). The zero-order chi connectivity index (χ0) is 18.8. The zero-order valence-corrected chi connectivity index (χ0v) is 14.4. The Bertz CT molecular complexity index is 1090. The molecular formula is C17H13F2N3O3S. The van der Waals surface area contributed by atoms with E-state index in [1.54, 1.807) is 0 Å². The first kappa shape index (κ1) is 17.9. The van der Waals surface area contributed by atoms with E-state index < -0.39 is 22.5 Å². The largest absolute Gasteiger partial charge is 0.314 e. The molecule has 6 nitrogen and oxygen atoms in total. The van der Waals surface area contributed by atoms with Crippen molar-refractivity contribution in [3.05, 3.63) is 68.5 Å². The van der Waals surface area contributed by atoms with Crippen LogP contribution in [0.15, 0.2) is 41.4 Å². The molecule has 26 heavy (non-hydrogen) atoms. The van der Waals surface area contributed by atoms with Gasteiger partial charge in [0.1, 0.15) is 5.82 Å². The smallest absolute Gasteiger partial charge is 0.279 e. The molecule has 0 fully saturated rings. The van der Waals surface area contributed by atoms with Crippen molar-refractivity contribution in [2.24, 2.45) is 4.99 Å². The maximum atomic E-state index is 14.2. The Hall–Kier alpha value is -2.94. The molecule has 2 aromatic carbocycles. The van der Waals surface area contributed by atoms with E-state index in [1.165, 1.54) is 28.8 Å². The van der Waals surface area contributed by atoms with E-state index in [0.717, 1.165) is 23.5 Å². The van der Waals surface area contributed by atoms with Crippen molar-refractivity contribution in [2.45, 2.75) is 19.9 Å². The fourth-order valence-corrected chi connectivity index (χ4v) is 3.64. The van der Waals surface area contributed by atoms with Crippen LogP contribution < -0.4 is 4.80 Å². The van der Waals surface area contributed by atoms with Crippen LogP contribution in [0.4, 0.5) is 14.5 Å². The zero-order valence-electron chi connectivity index (χ0n) is 13.6. The standard InChI is InChI=1S/C17H13F2N3O3S/c1-2-6-21-15-13(19)8-11(18)9-14(15)26-17(21)20-16(23)10-4-3-5-12(7-10)22(24)25/h3-5,7-9H,2,6H2,1H3. The average Bonchev–Trinajstić information content (AvgIpc) is 2.92. The molecule has 9 heteroatoms. The minimum absolute atomic E-state index is 0.0476. The normalized spacial score (nSPS) is 11.9. The molecule has 0 radical (unpaired) electrons. The molecule has 0 aliphatic rings. The van der Waals surface area contributed by atoms with Crippen molar-refractivity contribution in [3.8, 4) is 0 Å². The highest BCUT2D eigenvalue weighted by atomic mass is 32.1. The maximum Gasteiger partial charge on any atom is 0.279 e. The monoisotopic (exact) mass is 377 g/mol. The number of hydrogen-bond donors (Lipinski definition) is 0. The van der Waals surface area contributed by atoms with Gasteiger partial charge in [-0.25, -0.2) is 8.78 Å². The summed E-state index contributed by atoms with van der Waals surface area (Å²) in [5.41, 5.74) is 0.00661. The molecule has 0 aliphatic heterocycles. The topological polar surface area (TPSA) is 77.5 Å². The molecule has 0 atom stereocenters. The highest BCUT2D eigenvalue weighted by Gasteiger charge is 2.15. The first-order valence-corrected chi connectivity index (χ1v) is 8.54. The van der Waals surface area contributed by atoms with E-state index in [9.17, 15) is 23.7 Å². The summed E-state index contributed by atoms with van der Waals surface area (Å²) in [6.07, 6.45) is 0.654.